The number of amides is 1. The van der Waals surface area contributed by atoms with Crippen LogP contribution in [0.2, 0.25) is 0 Å². The molecule has 1 saturated carbocycles. The molecule has 1 unspecified atom stereocenters. The van der Waals surface area contributed by atoms with E-state index in [2.05, 4.69) is 33.6 Å². The summed E-state index contributed by atoms with van der Waals surface area (Å²) in [4.78, 5) is 26.4. The highest BCUT2D eigenvalue weighted by Gasteiger charge is 2.29. The van der Waals surface area contributed by atoms with Gasteiger partial charge in [-0.1, -0.05) is 37.6 Å². The van der Waals surface area contributed by atoms with Gasteiger partial charge in [0.15, 0.2) is 5.16 Å². The summed E-state index contributed by atoms with van der Waals surface area (Å²) in [5, 5.41) is 13.1. The van der Waals surface area contributed by atoms with E-state index in [1.54, 1.807) is 0 Å². The first kappa shape index (κ1) is 23.0. The van der Waals surface area contributed by atoms with Crippen LogP contribution >= 0.6 is 23.1 Å². The normalized spacial score (nSPS) is 18.4. The van der Waals surface area contributed by atoms with Crippen molar-refractivity contribution in [2.45, 2.75) is 69.5 Å². The van der Waals surface area contributed by atoms with Crippen molar-refractivity contribution in [2.75, 3.05) is 18.2 Å². The first-order chi connectivity index (χ1) is 15.5. The van der Waals surface area contributed by atoms with Crippen LogP contribution in [0.1, 0.15) is 71.6 Å². The molecule has 7 nitrogen and oxygen atoms in total. The van der Waals surface area contributed by atoms with Gasteiger partial charge >= 0.3 is 5.97 Å². The number of hydrogen-bond donors (Lipinski definition) is 1. The lowest BCUT2D eigenvalue weighted by Crippen LogP contribution is -2.17. The molecular weight excluding hydrogens is 444 g/mol. The summed E-state index contributed by atoms with van der Waals surface area (Å²) >= 11 is 2.87. The first-order valence-electron chi connectivity index (χ1n) is 11.2. The summed E-state index contributed by atoms with van der Waals surface area (Å²) in [5.41, 5.74) is 1.56. The molecule has 1 fully saturated rings. The van der Waals surface area contributed by atoms with Crippen LogP contribution in [-0.2, 0) is 28.9 Å². The molecule has 2 aromatic rings. The number of ether oxygens (including phenoxy) is 1. The molecule has 0 saturated heterocycles. The highest BCUT2D eigenvalue weighted by molar-refractivity contribution is 7.99. The highest BCUT2D eigenvalue weighted by atomic mass is 32.2. The summed E-state index contributed by atoms with van der Waals surface area (Å²) in [6, 6.07) is 0. The molecule has 0 aromatic carbocycles. The van der Waals surface area contributed by atoms with Gasteiger partial charge in [0, 0.05) is 17.3 Å². The molecule has 0 radical (unpaired) electrons. The van der Waals surface area contributed by atoms with E-state index in [0.29, 0.717) is 28.9 Å². The number of anilines is 1. The fourth-order valence-corrected chi connectivity index (χ4v) is 6.81. The van der Waals surface area contributed by atoms with E-state index in [1.807, 2.05) is 6.08 Å². The molecule has 0 bridgehead atoms. The van der Waals surface area contributed by atoms with Crippen LogP contribution in [0.15, 0.2) is 17.8 Å². The molecule has 2 aliphatic rings. The Morgan fingerprint density at radius 2 is 2.09 bits per heavy atom. The molecule has 4 rings (SSSR count). The molecular formula is C23H30N4O3S2. The van der Waals surface area contributed by atoms with E-state index < -0.39 is 0 Å². The number of carbonyl (C=O) groups is 2. The van der Waals surface area contributed by atoms with E-state index in [9.17, 15) is 9.59 Å². The fourth-order valence-electron chi connectivity index (χ4n) is 4.64. The quantitative estimate of drug-likeness (QED) is 0.335. The number of fused-ring (bicyclic) bond motifs is 1. The lowest BCUT2D eigenvalue weighted by molar-refractivity contribution is -0.113. The second-order valence-electron chi connectivity index (χ2n) is 8.61. The van der Waals surface area contributed by atoms with E-state index in [1.165, 1.54) is 47.9 Å². The zero-order chi connectivity index (χ0) is 22.7. The lowest BCUT2D eigenvalue weighted by atomic mass is 9.88. The Morgan fingerprint density at radius 1 is 1.31 bits per heavy atom. The number of methoxy groups -OCH3 is 1. The second kappa shape index (κ2) is 10.2. The molecule has 9 heteroatoms. The first-order valence-corrected chi connectivity index (χ1v) is 13.0. The lowest BCUT2D eigenvalue weighted by Gasteiger charge is -2.18. The van der Waals surface area contributed by atoms with Crippen molar-refractivity contribution in [3.8, 4) is 0 Å². The fraction of sp³-hybridized carbons (Fsp3) is 0.565. The van der Waals surface area contributed by atoms with Crippen LogP contribution in [0, 0.1) is 5.92 Å². The number of rotatable bonds is 8. The number of thioether (sulfide) groups is 1. The van der Waals surface area contributed by atoms with Gasteiger partial charge < -0.3 is 14.6 Å². The number of esters is 1. The molecule has 2 aliphatic carbocycles. The van der Waals surface area contributed by atoms with Gasteiger partial charge in [0.25, 0.3) is 0 Å². The Balaban J connectivity index is 1.47. The Labute approximate surface area is 197 Å². The molecule has 0 spiro atoms. The number of allylic oxidation sites excluding steroid dienone is 1. The van der Waals surface area contributed by atoms with Crippen LogP contribution in [0.25, 0.3) is 0 Å². The number of aromatic nitrogens is 3. The van der Waals surface area contributed by atoms with Crippen molar-refractivity contribution in [3.63, 3.8) is 0 Å². The maximum atomic E-state index is 12.8. The van der Waals surface area contributed by atoms with Crippen molar-refractivity contribution in [1.82, 2.24) is 14.8 Å². The second-order valence-corrected chi connectivity index (χ2v) is 10.7. The van der Waals surface area contributed by atoms with Gasteiger partial charge in [0.05, 0.1) is 18.4 Å². The van der Waals surface area contributed by atoms with Crippen LogP contribution in [0.4, 0.5) is 5.00 Å². The molecule has 2 aromatic heterocycles. The third-order valence-electron chi connectivity index (χ3n) is 6.26. The van der Waals surface area contributed by atoms with E-state index in [-0.39, 0.29) is 17.6 Å². The number of nitrogens with one attached hydrogen (secondary N) is 1. The highest BCUT2D eigenvalue weighted by Crippen LogP contribution is 2.40. The van der Waals surface area contributed by atoms with Gasteiger partial charge in [0.1, 0.15) is 10.8 Å². The average Bonchev–Trinajstić information content (AvgIpc) is 3.50. The van der Waals surface area contributed by atoms with Crippen molar-refractivity contribution < 1.29 is 14.3 Å². The molecule has 172 valence electrons. The standard InChI is InChI=1S/C23H30N4O3S2/c1-4-11-27-20(15-7-5-6-8-15)25-26-23(27)31-13-18(28)24-21-19(22(29)30-3)16-10-9-14(2)12-17(16)32-21/h4,14-15H,1,5-13H2,2-3H3,(H,24,28). The SMILES string of the molecule is C=CCn1c(SCC(=O)Nc2sc3c(c2C(=O)OC)CCC(C)C3)nnc1C1CCCC1. The number of thiophene rings is 1. The van der Waals surface area contributed by atoms with E-state index >= 15 is 0 Å². The smallest absolute Gasteiger partial charge is 0.341 e. The van der Waals surface area contributed by atoms with Gasteiger partial charge in [-0.05, 0) is 43.6 Å². The summed E-state index contributed by atoms with van der Waals surface area (Å²) < 4.78 is 7.09. The monoisotopic (exact) mass is 474 g/mol. The molecule has 32 heavy (non-hydrogen) atoms. The van der Waals surface area contributed by atoms with Crippen molar-refractivity contribution >= 4 is 40.0 Å². The zero-order valence-corrected chi connectivity index (χ0v) is 20.3. The van der Waals surface area contributed by atoms with Crippen molar-refractivity contribution in [1.29, 1.82) is 0 Å². The summed E-state index contributed by atoms with van der Waals surface area (Å²) in [7, 11) is 1.38. The van der Waals surface area contributed by atoms with Gasteiger partial charge in [-0.2, -0.15) is 0 Å². The molecule has 2 heterocycles. The summed E-state index contributed by atoms with van der Waals surface area (Å²) in [6.07, 6.45) is 9.38. The number of nitrogens with zero attached hydrogens (tertiary/aromatic N) is 3. The van der Waals surface area contributed by atoms with Gasteiger partial charge in [-0.25, -0.2) is 4.79 Å². The average molecular weight is 475 g/mol. The van der Waals surface area contributed by atoms with Crippen LogP contribution in [-0.4, -0.2) is 39.5 Å². The van der Waals surface area contributed by atoms with E-state index in [4.69, 9.17) is 4.74 Å². The predicted octanol–water partition coefficient (Wildman–Crippen LogP) is 4.83. The molecule has 1 atom stereocenters. The van der Waals surface area contributed by atoms with Gasteiger partial charge in [-0.15, -0.1) is 28.1 Å². The Kier molecular flexibility index (Phi) is 7.35. The maximum Gasteiger partial charge on any atom is 0.341 e. The van der Waals surface area contributed by atoms with Crippen molar-refractivity contribution in [2.24, 2.45) is 5.92 Å². The summed E-state index contributed by atoms with van der Waals surface area (Å²) in [5.74, 6) is 1.66. The molecule has 1 N–H and O–H groups in total. The van der Waals surface area contributed by atoms with Gasteiger partial charge in [0.2, 0.25) is 5.91 Å². The molecule has 0 aliphatic heterocycles. The van der Waals surface area contributed by atoms with Crippen LogP contribution < -0.4 is 5.32 Å². The minimum absolute atomic E-state index is 0.164. The predicted molar refractivity (Wildman–Crippen MR) is 128 cm³/mol. The topological polar surface area (TPSA) is 86.1 Å². The minimum atomic E-state index is -0.382. The Morgan fingerprint density at radius 3 is 2.81 bits per heavy atom. The third kappa shape index (κ3) is 4.78. The van der Waals surface area contributed by atoms with Gasteiger partial charge in [-0.3, -0.25) is 4.79 Å². The largest absolute Gasteiger partial charge is 0.465 e. The van der Waals surface area contributed by atoms with Crippen LogP contribution in [0.3, 0.4) is 0 Å². The Hall–Kier alpha value is -2.13. The van der Waals surface area contributed by atoms with Crippen molar-refractivity contribution in [3.05, 3.63) is 34.5 Å². The third-order valence-corrected chi connectivity index (χ3v) is 8.40. The number of hydrogen-bond acceptors (Lipinski definition) is 7. The summed E-state index contributed by atoms with van der Waals surface area (Å²) in [6.45, 7) is 6.71. The Bertz CT molecular complexity index is 1010. The maximum absolute atomic E-state index is 12.8. The number of carbonyl (C=O) groups excluding carboxylic acids is 2. The van der Waals surface area contributed by atoms with E-state index in [0.717, 1.165) is 48.6 Å². The molecule has 1 amide bonds. The van der Waals surface area contributed by atoms with Crippen LogP contribution in [0.5, 0.6) is 0 Å². The minimum Gasteiger partial charge on any atom is -0.465 e. The zero-order valence-electron chi connectivity index (χ0n) is 18.7.